The van der Waals surface area contributed by atoms with Crippen molar-refractivity contribution in [1.29, 1.82) is 0 Å². The quantitative estimate of drug-likeness (QED) is 0.671. The largest absolute Gasteiger partial charge is 0.381 e. The van der Waals surface area contributed by atoms with Crippen LogP contribution in [0.2, 0.25) is 0 Å². The van der Waals surface area contributed by atoms with Gasteiger partial charge in [0.1, 0.15) is 0 Å². The minimum atomic E-state index is 0.106. The third kappa shape index (κ3) is 4.43. The van der Waals surface area contributed by atoms with E-state index in [2.05, 4.69) is 6.92 Å². The lowest BCUT2D eigenvalue weighted by Gasteiger charge is -2.14. The van der Waals surface area contributed by atoms with Crippen LogP contribution in [0, 0.1) is 5.92 Å². The van der Waals surface area contributed by atoms with Crippen LogP contribution >= 0.6 is 0 Å². The molecule has 0 amide bonds. The van der Waals surface area contributed by atoms with Crippen molar-refractivity contribution in [1.82, 2.24) is 0 Å². The fourth-order valence-corrected chi connectivity index (χ4v) is 1.82. The average molecular weight is 208 g/mol. The molecular weight excluding hydrogens is 188 g/mol. The van der Waals surface area contributed by atoms with Gasteiger partial charge in [-0.3, -0.25) is 4.79 Å². The number of methoxy groups -OCH3 is 1. The summed E-state index contributed by atoms with van der Waals surface area (Å²) in [5, 5.41) is 0. The molecule has 2 nitrogen and oxygen atoms in total. The molecule has 0 radical (unpaired) electrons. The van der Waals surface area contributed by atoms with E-state index in [-0.39, 0.29) is 5.78 Å². The van der Waals surface area contributed by atoms with Crippen LogP contribution in [-0.4, -0.2) is 19.0 Å². The maximum Gasteiger partial charge on any atom is 0.178 e. The van der Waals surface area contributed by atoms with Crippen LogP contribution in [0.5, 0.6) is 0 Å². The highest BCUT2D eigenvalue weighted by molar-refractivity contribution is 6.00. The van der Waals surface area contributed by atoms with Gasteiger partial charge in [-0.1, -0.05) is 19.1 Å². The number of carbonyl (C=O) groups excluding carboxylic acids is 1. The second-order valence-electron chi connectivity index (χ2n) is 3.98. The van der Waals surface area contributed by atoms with Crippen molar-refractivity contribution in [3.05, 3.63) is 24.3 Å². The fraction of sp³-hybridized carbons (Fsp3) is 0.615. The Morgan fingerprint density at radius 1 is 1.40 bits per heavy atom. The van der Waals surface area contributed by atoms with Crippen molar-refractivity contribution in [2.75, 3.05) is 7.11 Å². The lowest BCUT2D eigenvalue weighted by molar-refractivity contribution is -0.110. The Bertz CT molecular complexity index is 233. The summed E-state index contributed by atoms with van der Waals surface area (Å²) in [6.07, 6.45) is 12.2. The molecule has 1 atom stereocenters. The van der Waals surface area contributed by atoms with Crippen molar-refractivity contribution < 1.29 is 9.53 Å². The van der Waals surface area contributed by atoms with Crippen molar-refractivity contribution in [3.8, 4) is 0 Å². The third-order valence-electron chi connectivity index (χ3n) is 2.87. The van der Waals surface area contributed by atoms with Gasteiger partial charge in [0.25, 0.3) is 0 Å². The second-order valence-corrected chi connectivity index (χ2v) is 3.98. The van der Waals surface area contributed by atoms with E-state index in [1.54, 1.807) is 19.3 Å². The molecule has 0 aromatic rings. The van der Waals surface area contributed by atoms with Gasteiger partial charge in [-0.25, -0.2) is 0 Å². The molecule has 1 unspecified atom stereocenters. The molecule has 0 aromatic carbocycles. The van der Waals surface area contributed by atoms with Gasteiger partial charge in [-0.2, -0.15) is 0 Å². The molecule has 0 heterocycles. The van der Waals surface area contributed by atoms with Crippen LogP contribution in [0.4, 0.5) is 0 Å². The molecule has 1 aliphatic carbocycles. The molecule has 0 spiro atoms. The molecule has 0 bridgehead atoms. The normalized spacial score (nSPS) is 18.4. The van der Waals surface area contributed by atoms with Gasteiger partial charge in [0.2, 0.25) is 0 Å². The SMILES string of the molecule is CCC(CCCC1C=CC(=O)C=C1)OC. The first-order valence-electron chi connectivity index (χ1n) is 5.69. The van der Waals surface area contributed by atoms with Crippen LogP contribution in [-0.2, 0) is 9.53 Å². The predicted octanol–water partition coefficient (Wildman–Crippen LogP) is 2.89. The Hall–Kier alpha value is -0.890. The van der Waals surface area contributed by atoms with Crippen molar-refractivity contribution in [3.63, 3.8) is 0 Å². The van der Waals surface area contributed by atoms with Crippen LogP contribution in [0.25, 0.3) is 0 Å². The van der Waals surface area contributed by atoms with Gasteiger partial charge in [-0.15, -0.1) is 0 Å². The van der Waals surface area contributed by atoms with E-state index in [9.17, 15) is 4.79 Å². The Labute approximate surface area is 92.0 Å². The average Bonchev–Trinajstić information content (AvgIpc) is 2.27. The number of hydrogen-bond donors (Lipinski definition) is 0. The third-order valence-corrected chi connectivity index (χ3v) is 2.87. The summed E-state index contributed by atoms with van der Waals surface area (Å²) in [6.45, 7) is 2.15. The Kier molecular flexibility index (Phi) is 5.33. The molecule has 15 heavy (non-hydrogen) atoms. The highest BCUT2D eigenvalue weighted by Crippen LogP contribution is 2.17. The number of carbonyl (C=O) groups is 1. The Morgan fingerprint density at radius 2 is 2.07 bits per heavy atom. The van der Waals surface area contributed by atoms with Gasteiger partial charge >= 0.3 is 0 Å². The molecule has 0 saturated heterocycles. The van der Waals surface area contributed by atoms with Crippen LogP contribution in [0.3, 0.4) is 0 Å². The van der Waals surface area contributed by atoms with E-state index in [1.807, 2.05) is 12.2 Å². The van der Waals surface area contributed by atoms with E-state index in [1.165, 1.54) is 0 Å². The first-order chi connectivity index (χ1) is 7.26. The summed E-state index contributed by atoms with van der Waals surface area (Å²) in [7, 11) is 1.77. The number of rotatable bonds is 6. The summed E-state index contributed by atoms with van der Waals surface area (Å²) >= 11 is 0. The van der Waals surface area contributed by atoms with Crippen LogP contribution in [0.15, 0.2) is 24.3 Å². The zero-order chi connectivity index (χ0) is 11.1. The highest BCUT2D eigenvalue weighted by Gasteiger charge is 2.08. The Morgan fingerprint density at radius 3 is 2.60 bits per heavy atom. The van der Waals surface area contributed by atoms with Gasteiger partial charge in [0.05, 0.1) is 6.10 Å². The molecule has 0 aliphatic heterocycles. The zero-order valence-electron chi connectivity index (χ0n) is 9.61. The van der Waals surface area contributed by atoms with E-state index < -0.39 is 0 Å². The minimum absolute atomic E-state index is 0.106. The number of hydrogen-bond acceptors (Lipinski definition) is 2. The maximum atomic E-state index is 10.9. The highest BCUT2D eigenvalue weighted by atomic mass is 16.5. The molecule has 1 aliphatic rings. The predicted molar refractivity (Wildman–Crippen MR) is 61.7 cm³/mol. The lowest BCUT2D eigenvalue weighted by atomic mass is 9.95. The summed E-state index contributed by atoms with van der Waals surface area (Å²) in [6, 6.07) is 0. The van der Waals surface area contributed by atoms with E-state index in [4.69, 9.17) is 4.74 Å². The van der Waals surface area contributed by atoms with Gasteiger partial charge in [-0.05, 0) is 43.8 Å². The van der Waals surface area contributed by atoms with E-state index in [0.717, 1.165) is 25.7 Å². The first-order valence-corrected chi connectivity index (χ1v) is 5.69. The maximum absolute atomic E-state index is 10.9. The molecule has 0 aromatic heterocycles. The lowest BCUT2D eigenvalue weighted by Crippen LogP contribution is -2.09. The summed E-state index contributed by atoms with van der Waals surface area (Å²) in [5.74, 6) is 0.548. The van der Waals surface area contributed by atoms with Gasteiger partial charge in [0, 0.05) is 7.11 Å². The topological polar surface area (TPSA) is 26.3 Å². The minimum Gasteiger partial charge on any atom is -0.381 e. The smallest absolute Gasteiger partial charge is 0.178 e. The molecule has 1 rings (SSSR count). The van der Waals surface area contributed by atoms with Crippen LogP contribution in [0.1, 0.15) is 32.6 Å². The molecule has 0 saturated carbocycles. The second kappa shape index (κ2) is 6.57. The molecule has 0 fully saturated rings. The summed E-state index contributed by atoms with van der Waals surface area (Å²) < 4.78 is 5.32. The molecule has 0 N–H and O–H groups in total. The van der Waals surface area contributed by atoms with Crippen molar-refractivity contribution in [2.24, 2.45) is 5.92 Å². The van der Waals surface area contributed by atoms with Crippen molar-refractivity contribution in [2.45, 2.75) is 38.7 Å². The van der Waals surface area contributed by atoms with Gasteiger partial charge in [0.15, 0.2) is 5.78 Å². The summed E-state index contributed by atoms with van der Waals surface area (Å²) in [5.41, 5.74) is 0. The van der Waals surface area contributed by atoms with Gasteiger partial charge < -0.3 is 4.74 Å². The first kappa shape index (κ1) is 12.2. The van der Waals surface area contributed by atoms with E-state index >= 15 is 0 Å². The monoisotopic (exact) mass is 208 g/mol. The molecule has 2 heteroatoms. The summed E-state index contributed by atoms with van der Waals surface area (Å²) in [4.78, 5) is 10.9. The van der Waals surface area contributed by atoms with Crippen molar-refractivity contribution >= 4 is 5.78 Å². The van der Waals surface area contributed by atoms with Crippen LogP contribution < -0.4 is 0 Å². The number of ether oxygens (including phenoxy) is 1. The molecule has 84 valence electrons. The zero-order valence-corrected chi connectivity index (χ0v) is 9.61. The van der Waals surface area contributed by atoms with E-state index in [0.29, 0.717) is 12.0 Å². The fourth-order valence-electron chi connectivity index (χ4n) is 1.82. The number of allylic oxidation sites excluding steroid dienone is 4. The number of ketones is 1. The Balaban J connectivity index is 2.18. The standard InChI is InChI=1S/C13H20O2/c1-3-13(15-2)6-4-5-11-7-9-12(14)10-8-11/h7-11,13H,3-6H2,1-2H3. The molecular formula is C13H20O2.